The van der Waals surface area contributed by atoms with E-state index in [1.165, 1.54) is 17.4 Å². The number of para-hydroxylation sites is 1. The molecule has 2 aromatic rings. The van der Waals surface area contributed by atoms with Crippen molar-refractivity contribution in [2.24, 2.45) is 0 Å². The zero-order chi connectivity index (χ0) is 15.4. The van der Waals surface area contributed by atoms with Crippen LogP contribution in [0, 0.1) is 5.82 Å². The van der Waals surface area contributed by atoms with Crippen LogP contribution < -0.4 is 4.90 Å². The van der Waals surface area contributed by atoms with E-state index < -0.39 is 0 Å². The van der Waals surface area contributed by atoms with Crippen molar-refractivity contribution in [1.82, 2.24) is 4.98 Å². The van der Waals surface area contributed by atoms with Crippen LogP contribution >= 0.6 is 11.3 Å². The van der Waals surface area contributed by atoms with Crippen molar-refractivity contribution in [3.63, 3.8) is 0 Å². The summed E-state index contributed by atoms with van der Waals surface area (Å²) in [4.78, 5) is 18.3. The number of halogens is 1. The monoisotopic (exact) mass is 306 g/mol. The molecule has 112 valence electrons. The first-order chi connectivity index (χ1) is 10.1. The molecule has 0 saturated heterocycles. The van der Waals surface area contributed by atoms with Gasteiger partial charge in [0.25, 0.3) is 0 Å². The molecule has 2 rings (SSSR count). The molecule has 1 unspecified atom stereocenters. The van der Waals surface area contributed by atoms with Gasteiger partial charge >= 0.3 is 0 Å². The summed E-state index contributed by atoms with van der Waals surface area (Å²) in [6.45, 7) is 6.64. The van der Waals surface area contributed by atoms with Crippen LogP contribution in [0.15, 0.2) is 24.3 Å². The van der Waals surface area contributed by atoms with Crippen molar-refractivity contribution in [1.29, 1.82) is 0 Å². The van der Waals surface area contributed by atoms with Crippen molar-refractivity contribution < 1.29 is 9.18 Å². The number of anilines is 2. The molecule has 0 aliphatic heterocycles. The van der Waals surface area contributed by atoms with E-state index >= 15 is 0 Å². The van der Waals surface area contributed by atoms with E-state index in [9.17, 15) is 9.18 Å². The van der Waals surface area contributed by atoms with E-state index in [4.69, 9.17) is 0 Å². The molecule has 0 aliphatic rings. The maximum atomic E-state index is 14.0. The average molecular weight is 306 g/mol. The van der Waals surface area contributed by atoms with Crippen LogP contribution in [0.1, 0.15) is 48.5 Å². The fourth-order valence-corrected chi connectivity index (χ4v) is 3.23. The number of rotatable bonds is 6. The first kappa shape index (κ1) is 15.6. The highest BCUT2D eigenvalue weighted by molar-refractivity contribution is 7.17. The predicted molar refractivity (Wildman–Crippen MR) is 85.3 cm³/mol. The molecular weight excluding hydrogens is 287 g/mol. The molecule has 1 atom stereocenters. The minimum atomic E-state index is -0.285. The van der Waals surface area contributed by atoms with Gasteiger partial charge in [0.05, 0.1) is 16.3 Å². The minimum absolute atomic E-state index is 0.217. The molecule has 0 N–H and O–H groups in total. The van der Waals surface area contributed by atoms with Crippen LogP contribution in [0.3, 0.4) is 0 Å². The molecular formula is C16H19FN2OS. The number of hydrogen-bond donors (Lipinski definition) is 0. The van der Waals surface area contributed by atoms with Gasteiger partial charge in [-0.1, -0.05) is 37.3 Å². The summed E-state index contributed by atoms with van der Waals surface area (Å²) in [6, 6.07) is 6.62. The van der Waals surface area contributed by atoms with Crippen molar-refractivity contribution >= 4 is 28.4 Å². The normalized spacial score (nSPS) is 12.2. The van der Waals surface area contributed by atoms with Crippen molar-refractivity contribution in [3.05, 3.63) is 40.7 Å². The molecule has 0 saturated carbocycles. The molecule has 0 radical (unpaired) electrons. The molecule has 21 heavy (non-hydrogen) atoms. The number of hydrogen-bond acceptors (Lipinski definition) is 4. The molecule has 0 spiro atoms. The Morgan fingerprint density at radius 3 is 2.67 bits per heavy atom. The lowest BCUT2D eigenvalue weighted by atomic mass is 10.0. The molecule has 1 aromatic carbocycles. The quantitative estimate of drug-likeness (QED) is 0.721. The zero-order valence-electron chi connectivity index (χ0n) is 12.5. The van der Waals surface area contributed by atoms with Gasteiger partial charge in [0, 0.05) is 6.54 Å². The summed E-state index contributed by atoms with van der Waals surface area (Å²) in [5.74, 6) is -0.0678. The second-order valence-electron chi connectivity index (χ2n) is 4.87. The van der Waals surface area contributed by atoms with Gasteiger partial charge in [-0.3, -0.25) is 4.79 Å². The highest BCUT2D eigenvalue weighted by atomic mass is 32.1. The SMILES string of the molecule is CCC(C)c1nc(N(CC)c2ccccc2F)sc1C=O. The van der Waals surface area contributed by atoms with Gasteiger partial charge < -0.3 is 4.90 Å². The summed E-state index contributed by atoms with van der Waals surface area (Å²) < 4.78 is 14.0. The Morgan fingerprint density at radius 2 is 2.10 bits per heavy atom. The van der Waals surface area contributed by atoms with E-state index in [2.05, 4.69) is 11.9 Å². The number of carbonyl (C=O) groups excluding carboxylic acids is 1. The van der Waals surface area contributed by atoms with Crippen LogP contribution in [0.2, 0.25) is 0 Å². The number of nitrogens with zero attached hydrogens (tertiary/aromatic N) is 2. The minimum Gasteiger partial charge on any atom is -0.315 e. The topological polar surface area (TPSA) is 33.2 Å². The summed E-state index contributed by atoms with van der Waals surface area (Å²) >= 11 is 1.32. The van der Waals surface area contributed by atoms with Gasteiger partial charge in [0.1, 0.15) is 5.82 Å². The first-order valence-corrected chi connectivity index (χ1v) is 7.91. The van der Waals surface area contributed by atoms with Crippen LogP contribution in [-0.4, -0.2) is 17.8 Å². The fourth-order valence-electron chi connectivity index (χ4n) is 2.16. The summed E-state index contributed by atoms with van der Waals surface area (Å²) in [5.41, 5.74) is 1.30. The maximum Gasteiger partial charge on any atom is 0.190 e. The standard InChI is InChI=1S/C16H19FN2OS/c1-4-11(3)15-14(10-20)21-16(18-15)19(5-2)13-9-7-6-8-12(13)17/h6-11H,4-5H2,1-3H3. The predicted octanol–water partition coefficient (Wildman–Crippen LogP) is 4.77. The Kier molecular flexibility index (Phi) is 5.07. The van der Waals surface area contributed by atoms with Gasteiger partial charge in [-0.25, -0.2) is 9.37 Å². The second kappa shape index (κ2) is 6.80. The third-order valence-corrected chi connectivity index (χ3v) is 4.57. The largest absolute Gasteiger partial charge is 0.315 e. The van der Waals surface area contributed by atoms with Gasteiger partial charge in [-0.2, -0.15) is 0 Å². The Morgan fingerprint density at radius 1 is 1.38 bits per heavy atom. The lowest BCUT2D eigenvalue weighted by Gasteiger charge is -2.20. The smallest absolute Gasteiger partial charge is 0.190 e. The number of thiazole rings is 1. The fraction of sp³-hybridized carbons (Fsp3) is 0.375. The van der Waals surface area contributed by atoms with E-state index in [-0.39, 0.29) is 11.7 Å². The maximum absolute atomic E-state index is 14.0. The number of carbonyl (C=O) groups is 1. The van der Waals surface area contributed by atoms with Gasteiger partial charge in [-0.05, 0) is 31.4 Å². The van der Waals surface area contributed by atoms with Crippen LogP contribution in [0.4, 0.5) is 15.2 Å². The van der Waals surface area contributed by atoms with Crippen LogP contribution in [0.5, 0.6) is 0 Å². The first-order valence-electron chi connectivity index (χ1n) is 7.10. The molecule has 5 heteroatoms. The van der Waals surface area contributed by atoms with E-state index in [0.717, 1.165) is 18.4 Å². The molecule has 1 heterocycles. The molecule has 0 fully saturated rings. The molecule has 0 aliphatic carbocycles. The second-order valence-corrected chi connectivity index (χ2v) is 5.88. The number of aldehydes is 1. The zero-order valence-corrected chi connectivity index (χ0v) is 13.3. The van der Waals surface area contributed by atoms with E-state index in [1.807, 2.05) is 13.8 Å². The number of aromatic nitrogens is 1. The van der Waals surface area contributed by atoms with Crippen molar-refractivity contribution in [2.45, 2.75) is 33.1 Å². The molecule has 0 amide bonds. The number of benzene rings is 1. The van der Waals surface area contributed by atoms with Crippen LogP contribution in [0.25, 0.3) is 0 Å². The van der Waals surface area contributed by atoms with Gasteiger partial charge in [0.15, 0.2) is 11.4 Å². The average Bonchev–Trinajstić information content (AvgIpc) is 2.93. The summed E-state index contributed by atoms with van der Waals surface area (Å²) in [6.07, 6.45) is 1.76. The summed E-state index contributed by atoms with van der Waals surface area (Å²) in [7, 11) is 0. The molecule has 1 aromatic heterocycles. The lowest BCUT2D eigenvalue weighted by molar-refractivity contribution is 0.112. The van der Waals surface area contributed by atoms with Crippen molar-refractivity contribution in [2.75, 3.05) is 11.4 Å². The highest BCUT2D eigenvalue weighted by Gasteiger charge is 2.20. The third-order valence-electron chi connectivity index (χ3n) is 3.55. The molecule has 0 bridgehead atoms. The van der Waals surface area contributed by atoms with Gasteiger partial charge in [-0.15, -0.1) is 0 Å². The Balaban J connectivity index is 2.46. The Bertz CT molecular complexity index is 626. The highest BCUT2D eigenvalue weighted by Crippen LogP contribution is 2.35. The van der Waals surface area contributed by atoms with Crippen LogP contribution in [-0.2, 0) is 0 Å². The van der Waals surface area contributed by atoms with E-state index in [0.29, 0.717) is 22.2 Å². The molecule has 3 nitrogen and oxygen atoms in total. The van der Waals surface area contributed by atoms with Crippen molar-refractivity contribution in [3.8, 4) is 0 Å². The Labute approximate surface area is 128 Å². The summed E-state index contributed by atoms with van der Waals surface area (Å²) in [5, 5.41) is 0.667. The third kappa shape index (κ3) is 3.13. The van der Waals surface area contributed by atoms with Gasteiger partial charge in [0.2, 0.25) is 0 Å². The lowest BCUT2D eigenvalue weighted by Crippen LogP contribution is -2.17. The van der Waals surface area contributed by atoms with E-state index in [1.54, 1.807) is 23.1 Å². The Hall–Kier alpha value is -1.75.